The summed E-state index contributed by atoms with van der Waals surface area (Å²) in [4.78, 5) is 1.30. The summed E-state index contributed by atoms with van der Waals surface area (Å²) in [5.74, 6) is -0.203. The monoisotopic (exact) mass is 273 g/mol. The van der Waals surface area contributed by atoms with Gasteiger partial charge in [-0.3, -0.25) is 0 Å². The van der Waals surface area contributed by atoms with Crippen molar-refractivity contribution in [2.45, 2.75) is 29.5 Å². The smallest absolute Gasteiger partial charge is 0.123 e. The molecule has 0 radical (unpaired) electrons. The molecule has 1 heterocycles. The minimum absolute atomic E-state index is 0.133. The van der Waals surface area contributed by atoms with Crippen LogP contribution in [0.1, 0.15) is 22.7 Å². The van der Waals surface area contributed by atoms with Gasteiger partial charge in [-0.05, 0) is 48.2 Å². The Bertz CT molecular complexity index is 566. The molecule has 0 saturated heterocycles. The number of rotatable bonds is 2. The number of halogens is 1. The zero-order valence-electron chi connectivity index (χ0n) is 10.8. The van der Waals surface area contributed by atoms with Gasteiger partial charge in [0.25, 0.3) is 0 Å². The van der Waals surface area contributed by atoms with E-state index < -0.39 is 0 Å². The minimum Gasteiger partial charge on any atom is -0.323 e. The highest BCUT2D eigenvalue weighted by Crippen LogP contribution is 2.41. The number of nitrogens with two attached hydrogens (primary N) is 1. The number of benzene rings is 2. The Morgan fingerprint density at radius 3 is 2.79 bits per heavy atom. The molecule has 2 atom stereocenters. The zero-order valence-corrected chi connectivity index (χ0v) is 11.6. The predicted octanol–water partition coefficient (Wildman–Crippen LogP) is 3.85. The van der Waals surface area contributed by atoms with Gasteiger partial charge in [0, 0.05) is 16.2 Å². The fourth-order valence-electron chi connectivity index (χ4n) is 2.58. The van der Waals surface area contributed by atoms with Gasteiger partial charge in [-0.2, -0.15) is 0 Å². The lowest BCUT2D eigenvalue weighted by Crippen LogP contribution is -2.23. The summed E-state index contributed by atoms with van der Waals surface area (Å²) < 4.78 is 13.5. The highest BCUT2D eigenvalue weighted by Gasteiger charge is 2.28. The molecule has 2 unspecified atom stereocenters. The van der Waals surface area contributed by atoms with E-state index in [-0.39, 0.29) is 11.9 Å². The van der Waals surface area contributed by atoms with Crippen molar-refractivity contribution < 1.29 is 4.39 Å². The van der Waals surface area contributed by atoms with Crippen molar-refractivity contribution in [1.82, 2.24) is 0 Å². The van der Waals surface area contributed by atoms with E-state index in [1.807, 2.05) is 19.1 Å². The molecule has 0 saturated carbocycles. The summed E-state index contributed by atoms with van der Waals surface area (Å²) in [6.45, 7) is 1.90. The van der Waals surface area contributed by atoms with E-state index in [1.54, 1.807) is 17.8 Å². The van der Waals surface area contributed by atoms with Crippen LogP contribution in [0.4, 0.5) is 4.39 Å². The second-order valence-corrected chi connectivity index (χ2v) is 6.34. The maximum absolute atomic E-state index is 13.5. The lowest BCUT2D eigenvalue weighted by Gasteiger charge is -2.19. The Balaban J connectivity index is 1.84. The van der Waals surface area contributed by atoms with Gasteiger partial charge in [-0.1, -0.05) is 24.3 Å². The Morgan fingerprint density at radius 2 is 2.05 bits per heavy atom. The van der Waals surface area contributed by atoms with Gasteiger partial charge in [0.05, 0.1) is 0 Å². The fraction of sp³-hybridized carbons (Fsp3) is 0.250. The molecule has 2 aromatic carbocycles. The topological polar surface area (TPSA) is 26.0 Å². The molecular formula is C16H16FNS. The molecule has 1 aliphatic rings. The Kier molecular flexibility index (Phi) is 3.33. The molecule has 0 amide bonds. The summed E-state index contributed by atoms with van der Waals surface area (Å²) in [5.41, 5.74) is 9.49. The first-order chi connectivity index (χ1) is 9.13. The summed E-state index contributed by atoms with van der Waals surface area (Å²) in [5, 5.41) is 0.290. The predicted molar refractivity (Wildman–Crippen MR) is 77.9 cm³/mol. The molecule has 2 aromatic rings. The lowest BCUT2D eigenvalue weighted by atomic mass is 9.98. The Hall–Kier alpha value is -1.32. The van der Waals surface area contributed by atoms with Gasteiger partial charge in [0.15, 0.2) is 0 Å². The molecule has 1 nitrogen and oxygen atoms in total. The number of thioether (sulfide) groups is 1. The van der Waals surface area contributed by atoms with E-state index in [9.17, 15) is 4.39 Å². The lowest BCUT2D eigenvalue weighted by molar-refractivity contribution is 0.613. The van der Waals surface area contributed by atoms with Gasteiger partial charge in [-0.25, -0.2) is 4.39 Å². The molecule has 0 spiro atoms. The molecule has 0 bridgehead atoms. The molecule has 98 valence electrons. The van der Waals surface area contributed by atoms with E-state index in [0.29, 0.717) is 5.25 Å². The molecular weight excluding hydrogens is 257 g/mol. The first kappa shape index (κ1) is 12.7. The van der Waals surface area contributed by atoms with Gasteiger partial charge < -0.3 is 5.73 Å². The standard InChI is InChI=1S/C16H16FNS/c1-10-6-12(8-13(17)7-10)16(18)15-9-11-4-2-3-5-14(11)19-15/h2-8,15-16H,9,18H2,1H3. The number of hydrogen-bond acceptors (Lipinski definition) is 2. The molecule has 0 aromatic heterocycles. The maximum Gasteiger partial charge on any atom is 0.123 e. The van der Waals surface area contributed by atoms with Crippen LogP contribution < -0.4 is 5.73 Å². The molecule has 3 heteroatoms. The second-order valence-electron chi connectivity index (χ2n) is 5.06. The molecule has 0 fully saturated rings. The van der Waals surface area contributed by atoms with E-state index in [4.69, 9.17) is 5.73 Å². The average molecular weight is 273 g/mol. The van der Waals surface area contributed by atoms with Gasteiger partial charge in [0.2, 0.25) is 0 Å². The SMILES string of the molecule is Cc1cc(F)cc(C(N)C2Cc3ccccc3S2)c1. The van der Waals surface area contributed by atoms with Crippen molar-refractivity contribution in [1.29, 1.82) is 0 Å². The first-order valence-corrected chi connectivity index (χ1v) is 7.29. The third-order valence-corrected chi connectivity index (χ3v) is 4.94. The van der Waals surface area contributed by atoms with E-state index in [2.05, 4.69) is 18.2 Å². The summed E-state index contributed by atoms with van der Waals surface area (Å²) in [6.07, 6.45) is 0.956. The zero-order chi connectivity index (χ0) is 13.4. The van der Waals surface area contributed by atoms with Crippen molar-refractivity contribution in [2.24, 2.45) is 5.73 Å². The Morgan fingerprint density at radius 1 is 1.26 bits per heavy atom. The number of fused-ring (bicyclic) bond motifs is 1. The molecule has 2 N–H and O–H groups in total. The third-order valence-electron chi connectivity index (χ3n) is 3.52. The number of hydrogen-bond donors (Lipinski definition) is 1. The minimum atomic E-state index is -0.203. The van der Waals surface area contributed by atoms with Crippen molar-refractivity contribution in [2.75, 3.05) is 0 Å². The van der Waals surface area contributed by atoms with Crippen molar-refractivity contribution >= 4 is 11.8 Å². The van der Waals surface area contributed by atoms with Crippen molar-refractivity contribution in [3.63, 3.8) is 0 Å². The van der Waals surface area contributed by atoms with Crippen molar-refractivity contribution in [3.05, 3.63) is 65.0 Å². The van der Waals surface area contributed by atoms with Crippen LogP contribution in [0.3, 0.4) is 0 Å². The first-order valence-electron chi connectivity index (χ1n) is 6.41. The van der Waals surface area contributed by atoms with Crippen LogP contribution in [-0.4, -0.2) is 5.25 Å². The highest BCUT2D eigenvalue weighted by molar-refractivity contribution is 8.00. The number of aryl methyl sites for hydroxylation is 1. The van der Waals surface area contributed by atoms with E-state index >= 15 is 0 Å². The maximum atomic E-state index is 13.5. The van der Waals surface area contributed by atoms with E-state index in [1.165, 1.54) is 16.5 Å². The summed E-state index contributed by atoms with van der Waals surface area (Å²) >= 11 is 1.80. The summed E-state index contributed by atoms with van der Waals surface area (Å²) in [6, 6.07) is 13.3. The molecule has 3 rings (SSSR count). The van der Waals surface area contributed by atoms with Gasteiger partial charge in [0.1, 0.15) is 5.82 Å². The normalized spacial score (nSPS) is 19.2. The largest absolute Gasteiger partial charge is 0.323 e. The highest BCUT2D eigenvalue weighted by atomic mass is 32.2. The quantitative estimate of drug-likeness (QED) is 0.899. The van der Waals surface area contributed by atoms with Crippen LogP contribution in [0.5, 0.6) is 0 Å². The van der Waals surface area contributed by atoms with Gasteiger partial charge in [-0.15, -0.1) is 11.8 Å². The molecule has 0 aliphatic carbocycles. The fourth-order valence-corrected chi connectivity index (χ4v) is 3.93. The van der Waals surface area contributed by atoms with E-state index in [0.717, 1.165) is 17.5 Å². The average Bonchev–Trinajstić information content (AvgIpc) is 2.80. The molecule has 1 aliphatic heterocycles. The van der Waals surface area contributed by atoms with Crippen LogP contribution >= 0.6 is 11.8 Å². The molecule has 19 heavy (non-hydrogen) atoms. The van der Waals surface area contributed by atoms with Crippen LogP contribution in [0.15, 0.2) is 47.4 Å². The summed E-state index contributed by atoms with van der Waals surface area (Å²) in [7, 11) is 0. The van der Waals surface area contributed by atoms with Crippen LogP contribution in [-0.2, 0) is 6.42 Å². The second kappa shape index (κ2) is 4.99. The van der Waals surface area contributed by atoms with Crippen LogP contribution in [0.2, 0.25) is 0 Å². The van der Waals surface area contributed by atoms with Gasteiger partial charge >= 0.3 is 0 Å². The third kappa shape index (κ3) is 2.53. The Labute approximate surface area is 117 Å². The van der Waals surface area contributed by atoms with Crippen LogP contribution in [0, 0.1) is 12.7 Å². The van der Waals surface area contributed by atoms with Crippen LogP contribution in [0.25, 0.3) is 0 Å². The van der Waals surface area contributed by atoms with Crippen molar-refractivity contribution in [3.8, 4) is 0 Å².